The molecule has 0 aromatic heterocycles. The Balaban J connectivity index is 1.91. The van der Waals surface area contributed by atoms with E-state index in [0.29, 0.717) is 0 Å². The standard InChI is InChI=1S/C36H39GeN/c1-22-18-24(3)32(25(4)19-22)37(33-26(5)20-23(2)21-27(33)6)36(34(38-37)35(7,8)9)30-16-12-10-14-28(30)29-15-11-13-17-31(29)36/h10-21H,1-9H3. The molecule has 38 heavy (non-hydrogen) atoms. The molecule has 4 aromatic rings. The van der Waals surface area contributed by atoms with Crippen LogP contribution in [0, 0.1) is 47.0 Å². The Hall–Kier alpha value is -2.91. The molecule has 1 aliphatic heterocycles. The molecule has 0 saturated carbocycles. The molecule has 2 heteroatoms. The second kappa shape index (κ2) is 8.29. The molecule has 1 nitrogen and oxygen atoms in total. The average Bonchev–Trinajstić information content (AvgIpc) is 3.13. The Kier molecular flexibility index (Phi) is 5.54. The topological polar surface area (TPSA) is 12.4 Å². The van der Waals surface area contributed by atoms with Crippen LogP contribution in [0.3, 0.4) is 0 Å². The summed E-state index contributed by atoms with van der Waals surface area (Å²) in [4.78, 5) is 0. The van der Waals surface area contributed by atoms with Gasteiger partial charge in [0.15, 0.2) is 0 Å². The van der Waals surface area contributed by atoms with Crippen LogP contribution in [0.4, 0.5) is 0 Å². The molecule has 1 spiro atoms. The molecule has 0 bridgehead atoms. The molecule has 1 aliphatic carbocycles. The van der Waals surface area contributed by atoms with Gasteiger partial charge in [-0.15, -0.1) is 0 Å². The van der Waals surface area contributed by atoms with Crippen molar-refractivity contribution < 1.29 is 0 Å². The molecule has 0 radical (unpaired) electrons. The van der Waals surface area contributed by atoms with Crippen molar-refractivity contribution >= 4 is 28.0 Å². The fraction of sp³-hybridized carbons (Fsp3) is 0.306. The normalized spacial score (nSPS) is 16.6. The van der Waals surface area contributed by atoms with E-state index >= 15 is 0 Å². The van der Waals surface area contributed by atoms with Crippen LogP contribution in [0.2, 0.25) is 0 Å². The molecule has 6 rings (SSSR count). The van der Waals surface area contributed by atoms with Gasteiger partial charge in [-0.3, -0.25) is 0 Å². The number of hydrogen-bond donors (Lipinski definition) is 0. The molecule has 0 saturated heterocycles. The van der Waals surface area contributed by atoms with E-state index in [1.54, 1.807) is 8.79 Å². The van der Waals surface area contributed by atoms with Gasteiger partial charge in [0.05, 0.1) is 0 Å². The predicted molar refractivity (Wildman–Crippen MR) is 166 cm³/mol. The van der Waals surface area contributed by atoms with E-state index in [2.05, 4.69) is 135 Å². The van der Waals surface area contributed by atoms with Crippen molar-refractivity contribution in [1.29, 1.82) is 0 Å². The van der Waals surface area contributed by atoms with Gasteiger partial charge in [0.2, 0.25) is 0 Å². The fourth-order valence-electron chi connectivity index (χ4n) is 8.18. The minimum absolute atomic E-state index is 0.0572. The van der Waals surface area contributed by atoms with Crippen LogP contribution in [0.5, 0.6) is 0 Å². The Labute approximate surface area is 231 Å². The van der Waals surface area contributed by atoms with Crippen LogP contribution in [-0.4, -0.2) is 19.2 Å². The molecule has 192 valence electrons. The molecule has 0 atom stereocenters. The first-order chi connectivity index (χ1) is 17.9. The van der Waals surface area contributed by atoms with Gasteiger partial charge in [0, 0.05) is 0 Å². The van der Waals surface area contributed by atoms with E-state index in [0.717, 1.165) is 0 Å². The van der Waals surface area contributed by atoms with Crippen molar-refractivity contribution in [2.24, 2.45) is 9.36 Å². The summed E-state index contributed by atoms with van der Waals surface area (Å²) in [7, 11) is 0. The van der Waals surface area contributed by atoms with E-state index in [-0.39, 0.29) is 9.66 Å². The Bertz CT molecular complexity index is 1510. The van der Waals surface area contributed by atoms with Crippen molar-refractivity contribution in [2.75, 3.05) is 0 Å². The number of nitrogens with zero attached hydrogens (tertiary/aromatic N) is 1. The maximum absolute atomic E-state index is 6.10. The van der Waals surface area contributed by atoms with Gasteiger partial charge in [-0.05, 0) is 0 Å². The summed E-state index contributed by atoms with van der Waals surface area (Å²) in [6.07, 6.45) is 0. The van der Waals surface area contributed by atoms with Gasteiger partial charge in [-0.2, -0.15) is 0 Å². The molecule has 1 heterocycles. The Morgan fingerprint density at radius 3 is 1.32 bits per heavy atom. The maximum atomic E-state index is 6.10. The number of benzene rings is 4. The van der Waals surface area contributed by atoms with Crippen LogP contribution < -0.4 is 8.79 Å². The zero-order valence-corrected chi connectivity index (χ0v) is 26.5. The number of hydrogen-bond acceptors (Lipinski definition) is 1. The first kappa shape index (κ1) is 25.4. The SMILES string of the molecule is Cc1cc(C)[c]([Ge]2([c]3c(C)cc(C)cc3C)[N]=C(C(C)(C)C)[C]23c2ccccc2-c2ccccc23)c(C)c1. The van der Waals surface area contributed by atoms with Crippen molar-refractivity contribution in [2.45, 2.75) is 66.6 Å². The zero-order valence-electron chi connectivity index (χ0n) is 24.4. The third kappa shape index (κ3) is 3.09. The molecule has 0 unspecified atom stereocenters. The number of rotatable bonds is 2. The summed E-state index contributed by atoms with van der Waals surface area (Å²) in [6, 6.07) is 28.1. The average molecular weight is 558 g/mol. The van der Waals surface area contributed by atoms with Gasteiger partial charge in [-0.25, -0.2) is 0 Å². The monoisotopic (exact) mass is 559 g/mol. The Morgan fingerprint density at radius 1 is 0.579 bits per heavy atom. The van der Waals surface area contributed by atoms with Crippen LogP contribution in [0.1, 0.15) is 65.3 Å². The third-order valence-corrected chi connectivity index (χ3v) is 20.3. The summed E-state index contributed by atoms with van der Waals surface area (Å²) in [6.45, 7) is 20.9. The molecule has 2 aliphatic rings. The van der Waals surface area contributed by atoms with E-state index in [1.165, 1.54) is 61.3 Å². The molecule has 0 N–H and O–H groups in total. The fourth-order valence-corrected chi connectivity index (χ4v) is 22.1. The second-order valence-electron chi connectivity index (χ2n) is 12.8. The van der Waals surface area contributed by atoms with Gasteiger partial charge in [-0.1, -0.05) is 0 Å². The van der Waals surface area contributed by atoms with Crippen LogP contribution in [0.15, 0.2) is 76.7 Å². The minimum atomic E-state index is -3.61. The quantitative estimate of drug-likeness (QED) is 0.225. The first-order valence-electron chi connectivity index (χ1n) is 13.9. The Morgan fingerprint density at radius 2 is 0.947 bits per heavy atom. The summed E-state index contributed by atoms with van der Waals surface area (Å²) in [5.74, 6) is 0. The van der Waals surface area contributed by atoms with E-state index in [4.69, 9.17) is 3.95 Å². The summed E-state index contributed by atoms with van der Waals surface area (Å²) < 4.78 is 8.99. The summed E-state index contributed by atoms with van der Waals surface area (Å²) in [5.41, 5.74) is 15.3. The number of fused-ring (bicyclic) bond motifs is 5. The third-order valence-electron chi connectivity index (χ3n) is 8.92. The van der Waals surface area contributed by atoms with Crippen molar-refractivity contribution in [1.82, 2.24) is 0 Å². The van der Waals surface area contributed by atoms with Crippen LogP contribution in [0.25, 0.3) is 11.1 Å². The van der Waals surface area contributed by atoms with E-state index in [1.807, 2.05) is 0 Å². The van der Waals surface area contributed by atoms with Crippen LogP contribution in [-0.2, 0) is 4.25 Å². The molecular formula is C36H39GeN. The molecule has 0 fully saturated rings. The van der Waals surface area contributed by atoms with Gasteiger partial charge in [0.25, 0.3) is 0 Å². The van der Waals surface area contributed by atoms with Crippen LogP contribution >= 0.6 is 0 Å². The van der Waals surface area contributed by atoms with Crippen molar-refractivity contribution in [3.8, 4) is 11.1 Å². The van der Waals surface area contributed by atoms with E-state index < -0.39 is 13.5 Å². The van der Waals surface area contributed by atoms with Gasteiger partial charge in [0.1, 0.15) is 0 Å². The predicted octanol–water partition coefficient (Wildman–Crippen LogP) is 7.60. The summed E-state index contributed by atoms with van der Waals surface area (Å²) in [5, 5.41) is 0. The van der Waals surface area contributed by atoms with Gasteiger partial charge < -0.3 is 0 Å². The van der Waals surface area contributed by atoms with Crippen molar-refractivity contribution in [3.63, 3.8) is 0 Å². The molecule has 4 aromatic carbocycles. The molecular weight excluding hydrogens is 519 g/mol. The summed E-state index contributed by atoms with van der Waals surface area (Å²) >= 11 is -3.61. The first-order valence-corrected chi connectivity index (χ1v) is 18.0. The van der Waals surface area contributed by atoms with Gasteiger partial charge >= 0.3 is 232 Å². The molecule has 0 amide bonds. The van der Waals surface area contributed by atoms with E-state index in [9.17, 15) is 0 Å². The van der Waals surface area contributed by atoms with Crippen molar-refractivity contribution in [3.05, 3.63) is 117 Å². The second-order valence-corrected chi connectivity index (χ2v) is 19.9. The number of aryl methyl sites for hydroxylation is 6. The zero-order chi connectivity index (χ0) is 27.2.